The van der Waals surface area contributed by atoms with Gasteiger partial charge in [-0.1, -0.05) is 32.0 Å². The van der Waals surface area contributed by atoms with E-state index < -0.39 is 38.5 Å². The van der Waals surface area contributed by atoms with Crippen molar-refractivity contribution in [2.24, 2.45) is 5.92 Å². The van der Waals surface area contributed by atoms with Crippen molar-refractivity contribution >= 4 is 45.6 Å². The summed E-state index contributed by atoms with van der Waals surface area (Å²) >= 11 is 0. The van der Waals surface area contributed by atoms with Gasteiger partial charge in [0.05, 0.1) is 10.6 Å². The molecule has 1 saturated heterocycles. The molecule has 11 nitrogen and oxygen atoms in total. The fraction of sp³-hybridized carbons (Fsp3) is 0.435. The number of rotatable bonds is 10. The highest BCUT2D eigenvalue weighted by Crippen LogP contribution is 2.39. The van der Waals surface area contributed by atoms with E-state index in [4.69, 9.17) is 4.18 Å². The summed E-state index contributed by atoms with van der Waals surface area (Å²) < 4.78 is 31.8. The normalized spacial score (nSPS) is 15.2. The number of piperazine rings is 1. The second kappa shape index (κ2) is 12.2. The van der Waals surface area contributed by atoms with Gasteiger partial charge in [-0.2, -0.15) is 8.42 Å². The molecule has 0 aliphatic carbocycles. The SMILES string of the molecule is CC(C)CC(Nc1ccccc1S(=O)(=O)Oc1cccc(N2CCN(C)CC2)c1[N+](=O)[O-])C(=O)O.Cl. The lowest BCUT2D eigenvalue weighted by atomic mass is 10.0. The third kappa shape index (κ3) is 6.99. The Labute approximate surface area is 216 Å². The van der Waals surface area contributed by atoms with Crippen LogP contribution >= 0.6 is 12.4 Å². The van der Waals surface area contributed by atoms with Gasteiger partial charge in [-0.05, 0) is 43.7 Å². The van der Waals surface area contributed by atoms with Gasteiger partial charge < -0.3 is 24.4 Å². The van der Waals surface area contributed by atoms with Crippen molar-refractivity contribution in [3.63, 3.8) is 0 Å². The molecule has 36 heavy (non-hydrogen) atoms. The van der Waals surface area contributed by atoms with Crippen molar-refractivity contribution < 1.29 is 27.4 Å². The molecule has 2 aromatic rings. The lowest BCUT2D eigenvalue weighted by Crippen LogP contribution is -2.44. The van der Waals surface area contributed by atoms with Crippen molar-refractivity contribution in [1.29, 1.82) is 0 Å². The van der Waals surface area contributed by atoms with Crippen LogP contribution in [0, 0.1) is 16.0 Å². The van der Waals surface area contributed by atoms with Crippen LogP contribution in [0.25, 0.3) is 0 Å². The second-order valence-corrected chi connectivity index (χ2v) is 10.4. The first-order valence-corrected chi connectivity index (χ1v) is 12.6. The number of carboxylic acid groups (broad SMARTS) is 1. The lowest BCUT2D eigenvalue weighted by Gasteiger charge is -2.33. The molecule has 0 bridgehead atoms. The quantitative estimate of drug-likeness (QED) is 0.260. The molecular weight excluding hydrogens is 512 g/mol. The van der Waals surface area contributed by atoms with Gasteiger partial charge in [-0.25, -0.2) is 4.79 Å². The summed E-state index contributed by atoms with van der Waals surface area (Å²) in [5, 5.41) is 24.3. The largest absolute Gasteiger partial charge is 0.480 e. The molecule has 1 atom stereocenters. The van der Waals surface area contributed by atoms with Crippen LogP contribution in [-0.2, 0) is 14.9 Å². The number of nitrogens with one attached hydrogen (secondary N) is 1. The predicted octanol–water partition coefficient (Wildman–Crippen LogP) is 3.45. The number of para-hydroxylation sites is 2. The first-order chi connectivity index (χ1) is 16.5. The van der Waals surface area contributed by atoms with E-state index >= 15 is 0 Å². The van der Waals surface area contributed by atoms with Gasteiger partial charge in [-0.15, -0.1) is 12.4 Å². The van der Waals surface area contributed by atoms with E-state index in [1.54, 1.807) is 12.1 Å². The van der Waals surface area contributed by atoms with Crippen LogP contribution in [0.3, 0.4) is 0 Å². The highest BCUT2D eigenvalue weighted by atomic mass is 35.5. The monoisotopic (exact) mass is 542 g/mol. The Morgan fingerprint density at radius 2 is 1.78 bits per heavy atom. The van der Waals surface area contributed by atoms with Crippen molar-refractivity contribution in [3.05, 3.63) is 52.6 Å². The minimum Gasteiger partial charge on any atom is -0.480 e. The standard InChI is InChI=1S/C23H30N4O7S.ClH/c1-16(2)15-18(23(28)29)24-17-7-4-5-10-21(17)35(32,33)34-20-9-6-8-19(22(20)27(30)31)26-13-11-25(3)12-14-26;/h4-10,16,18,24H,11-15H2,1-3H3,(H,28,29);1H. The average molecular weight is 543 g/mol. The third-order valence-corrected chi connectivity index (χ3v) is 6.99. The molecule has 0 radical (unpaired) electrons. The van der Waals surface area contributed by atoms with Crippen LogP contribution in [0.1, 0.15) is 20.3 Å². The maximum Gasteiger partial charge on any atom is 0.341 e. The zero-order valence-corrected chi connectivity index (χ0v) is 21.9. The molecule has 1 aliphatic rings. The van der Waals surface area contributed by atoms with Gasteiger partial charge in [0.25, 0.3) is 0 Å². The van der Waals surface area contributed by atoms with Crippen LogP contribution in [0.2, 0.25) is 0 Å². The smallest absolute Gasteiger partial charge is 0.341 e. The lowest BCUT2D eigenvalue weighted by molar-refractivity contribution is -0.384. The van der Waals surface area contributed by atoms with Gasteiger partial charge in [0.15, 0.2) is 0 Å². The predicted molar refractivity (Wildman–Crippen MR) is 139 cm³/mol. The van der Waals surface area contributed by atoms with Crippen LogP contribution in [0.15, 0.2) is 47.4 Å². The topological polar surface area (TPSA) is 142 Å². The van der Waals surface area contributed by atoms with E-state index in [0.29, 0.717) is 26.2 Å². The Bertz CT molecular complexity index is 1180. The summed E-state index contributed by atoms with van der Waals surface area (Å²) in [4.78, 5) is 26.6. The molecule has 2 aromatic carbocycles. The molecule has 1 aliphatic heterocycles. The molecule has 1 unspecified atom stereocenters. The molecule has 0 spiro atoms. The van der Waals surface area contributed by atoms with E-state index in [1.807, 2.05) is 25.8 Å². The van der Waals surface area contributed by atoms with Crippen molar-refractivity contribution in [2.45, 2.75) is 31.2 Å². The molecule has 0 saturated carbocycles. The number of aliphatic carboxylic acids is 1. The number of hydrogen-bond donors (Lipinski definition) is 2. The van der Waals surface area contributed by atoms with Crippen LogP contribution in [0.4, 0.5) is 17.1 Å². The Morgan fingerprint density at radius 1 is 1.14 bits per heavy atom. The summed E-state index contributed by atoms with van der Waals surface area (Å²) in [5.41, 5.74) is -0.113. The highest BCUT2D eigenvalue weighted by molar-refractivity contribution is 7.87. The molecule has 3 rings (SSSR count). The number of nitro benzene ring substituents is 1. The third-order valence-electron chi connectivity index (χ3n) is 5.70. The van der Waals surface area contributed by atoms with Gasteiger partial charge in [0, 0.05) is 26.2 Å². The minimum absolute atomic E-state index is 0. The van der Waals surface area contributed by atoms with Crippen LogP contribution in [0.5, 0.6) is 5.75 Å². The number of hydrogen-bond acceptors (Lipinski definition) is 9. The fourth-order valence-corrected chi connectivity index (χ4v) is 5.01. The van der Waals surface area contributed by atoms with Crippen LogP contribution in [-0.4, -0.2) is 68.6 Å². The number of carbonyl (C=O) groups is 1. The fourth-order valence-electron chi connectivity index (χ4n) is 3.91. The zero-order chi connectivity index (χ0) is 25.8. The number of likely N-dealkylation sites (N-methyl/N-ethyl adjacent to an activating group) is 1. The Morgan fingerprint density at radius 3 is 2.36 bits per heavy atom. The Hall–Kier alpha value is -3.09. The summed E-state index contributed by atoms with van der Waals surface area (Å²) in [6.45, 7) is 6.23. The van der Waals surface area contributed by atoms with Crippen LogP contribution < -0.4 is 14.4 Å². The minimum atomic E-state index is -4.54. The summed E-state index contributed by atoms with van der Waals surface area (Å²) in [5.74, 6) is -1.48. The van der Waals surface area contributed by atoms with Crippen molar-refractivity contribution in [1.82, 2.24) is 4.90 Å². The first kappa shape index (κ1) is 29.1. The molecule has 1 heterocycles. The Kier molecular flexibility index (Phi) is 9.91. The van der Waals surface area contributed by atoms with Gasteiger partial charge in [0.2, 0.25) is 5.75 Å². The zero-order valence-electron chi connectivity index (χ0n) is 20.3. The number of nitro groups is 1. The highest BCUT2D eigenvalue weighted by Gasteiger charge is 2.31. The molecule has 198 valence electrons. The molecule has 2 N–H and O–H groups in total. The van der Waals surface area contributed by atoms with Gasteiger partial charge in [0.1, 0.15) is 16.6 Å². The number of nitrogens with zero attached hydrogens (tertiary/aromatic N) is 3. The number of carboxylic acids is 1. The van der Waals surface area contributed by atoms with Crippen molar-refractivity contribution in [2.75, 3.05) is 43.4 Å². The molecule has 0 aromatic heterocycles. The Balaban J connectivity index is 0.00000456. The molecular formula is C23H31ClN4O7S. The van der Waals surface area contributed by atoms with E-state index in [-0.39, 0.29) is 41.0 Å². The van der Waals surface area contributed by atoms with Crippen molar-refractivity contribution in [3.8, 4) is 5.75 Å². The molecule has 1 fully saturated rings. The number of benzene rings is 2. The maximum atomic E-state index is 13.2. The average Bonchev–Trinajstić information content (AvgIpc) is 2.78. The maximum absolute atomic E-state index is 13.2. The van der Waals surface area contributed by atoms with Gasteiger partial charge in [-0.3, -0.25) is 10.1 Å². The summed E-state index contributed by atoms with van der Waals surface area (Å²) in [7, 11) is -2.58. The second-order valence-electron chi connectivity index (χ2n) is 8.87. The van der Waals surface area contributed by atoms with E-state index in [0.717, 1.165) is 0 Å². The molecule has 13 heteroatoms. The number of anilines is 2. The molecule has 0 amide bonds. The van der Waals surface area contributed by atoms with E-state index in [2.05, 4.69) is 10.2 Å². The number of halogens is 1. The first-order valence-electron chi connectivity index (χ1n) is 11.2. The van der Waals surface area contributed by atoms with E-state index in [1.165, 1.54) is 30.3 Å². The van der Waals surface area contributed by atoms with E-state index in [9.17, 15) is 28.4 Å². The van der Waals surface area contributed by atoms with Gasteiger partial charge >= 0.3 is 21.8 Å². The summed E-state index contributed by atoms with van der Waals surface area (Å²) in [6.07, 6.45) is 0.267. The summed E-state index contributed by atoms with van der Waals surface area (Å²) in [6, 6.07) is 9.02.